The molecule has 0 fully saturated rings. The van der Waals surface area contributed by atoms with Gasteiger partial charge in [-0.05, 0) is 26.3 Å². The average molecular weight is 268 g/mol. The fraction of sp³-hybridized carbons (Fsp3) is 0.385. The number of anilines is 1. The van der Waals surface area contributed by atoms with Crippen molar-refractivity contribution in [1.29, 1.82) is 5.26 Å². The highest BCUT2D eigenvalue weighted by Crippen LogP contribution is 2.20. The number of hydrogen-bond acceptors (Lipinski definition) is 4. The lowest BCUT2D eigenvalue weighted by Crippen LogP contribution is -2.15. The number of halogens is 2. The fourth-order valence-electron chi connectivity index (χ4n) is 1.25. The lowest BCUT2D eigenvalue weighted by Gasteiger charge is -2.14. The Morgan fingerprint density at radius 1 is 1.42 bits per heavy atom. The highest BCUT2D eigenvalue weighted by atomic mass is 19.1. The van der Waals surface area contributed by atoms with Gasteiger partial charge in [0, 0.05) is 6.07 Å². The molecule has 0 radical (unpaired) electrons. The molecule has 0 unspecified atom stereocenters. The Morgan fingerprint density at radius 2 is 2.05 bits per heavy atom. The first-order valence-corrected chi connectivity index (χ1v) is 5.60. The number of nitriles is 1. The van der Waals surface area contributed by atoms with E-state index in [-0.39, 0.29) is 12.3 Å². The fourth-order valence-corrected chi connectivity index (χ4v) is 1.25. The second-order valence-corrected chi connectivity index (χ2v) is 4.74. The summed E-state index contributed by atoms with van der Waals surface area (Å²) in [6.07, 6.45) is 0.300. The van der Waals surface area contributed by atoms with Gasteiger partial charge in [-0.25, -0.2) is 13.6 Å². The van der Waals surface area contributed by atoms with E-state index < -0.39 is 28.6 Å². The van der Waals surface area contributed by atoms with Gasteiger partial charge in [0.15, 0.2) is 0 Å². The molecule has 102 valence electrons. The number of nitrogen functional groups attached to an aromatic ring is 1. The quantitative estimate of drug-likeness (QED) is 0.672. The number of nitrogens with zero attached hydrogens (tertiary/aromatic N) is 1. The summed E-state index contributed by atoms with van der Waals surface area (Å²) in [5.41, 5.74) is 3.63. The van der Waals surface area contributed by atoms with Crippen LogP contribution in [0.4, 0.5) is 14.5 Å². The first-order chi connectivity index (χ1) is 8.76. The van der Waals surface area contributed by atoms with E-state index in [1.165, 1.54) is 0 Å². The molecule has 0 heterocycles. The molecule has 0 aliphatic heterocycles. The Morgan fingerprint density at radius 3 is 2.63 bits per heavy atom. The van der Waals surface area contributed by atoms with Crippen LogP contribution in [-0.4, -0.2) is 12.6 Å². The Hall–Kier alpha value is -2.16. The summed E-state index contributed by atoms with van der Waals surface area (Å²) >= 11 is 0. The van der Waals surface area contributed by atoms with Crippen LogP contribution in [0, 0.1) is 28.4 Å². The van der Waals surface area contributed by atoms with Crippen molar-refractivity contribution in [2.75, 3.05) is 12.3 Å². The summed E-state index contributed by atoms with van der Waals surface area (Å²) < 4.78 is 31.4. The van der Waals surface area contributed by atoms with Gasteiger partial charge in [-0.1, -0.05) is 0 Å². The monoisotopic (exact) mass is 268 g/mol. The molecule has 0 saturated carbocycles. The number of carbonyl (C=O) groups is 1. The standard InChI is InChI=1S/C13H14F2N2O2/c1-13(2,7-16)3-4-19-12(18)8-5-10(15)11(17)6-9(8)14/h5-6H,3-4,17H2,1-2H3. The van der Waals surface area contributed by atoms with Crippen LogP contribution in [0.3, 0.4) is 0 Å². The SMILES string of the molecule is CC(C)(C#N)CCOC(=O)c1cc(F)c(N)cc1F. The summed E-state index contributed by atoms with van der Waals surface area (Å²) in [4.78, 5) is 11.6. The van der Waals surface area contributed by atoms with Gasteiger partial charge >= 0.3 is 5.97 Å². The Labute approximate surface area is 109 Å². The van der Waals surface area contributed by atoms with Crippen LogP contribution in [0.5, 0.6) is 0 Å². The molecule has 0 spiro atoms. The summed E-state index contributed by atoms with van der Waals surface area (Å²) in [5.74, 6) is -2.81. The van der Waals surface area contributed by atoms with Crippen LogP contribution in [0.2, 0.25) is 0 Å². The zero-order valence-electron chi connectivity index (χ0n) is 10.7. The smallest absolute Gasteiger partial charge is 0.341 e. The van der Waals surface area contributed by atoms with Gasteiger partial charge in [-0.15, -0.1) is 0 Å². The van der Waals surface area contributed by atoms with E-state index in [9.17, 15) is 13.6 Å². The number of hydrogen-bond donors (Lipinski definition) is 1. The normalized spacial score (nSPS) is 10.9. The molecule has 2 N–H and O–H groups in total. The average Bonchev–Trinajstić information content (AvgIpc) is 2.33. The number of rotatable bonds is 4. The van der Waals surface area contributed by atoms with Gasteiger partial charge in [0.05, 0.1) is 29.3 Å². The third-order valence-corrected chi connectivity index (χ3v) is 2.57. The molecule has 1 aromatic carbocycles. The van der Waals surface area contributed by atoms with E-state index in [1.807, 2.05) is 6.07 Å². The third kappa shape index (κ3) is 3.91. The maximum atomic E-state index is 13.4. The number of carbonyl (C=O) groups excluding carboxylic acids is 1. The molecule has 0 aliphatic carbocycles. The topological polar surface area (TPSA) is 76.1 Å². The highest BCUT2D eigenvalue weighted by Gasteiger charge is 2.20. The maximum Gasteiger partial charge on any atom is 0.341 e. The van der Waals surface area contributed by atoms with Crippen molar-refractivity contribution in [2.45, 2.75) is 20.3 Å². The molecular weight excluding hydrogens is 254 g/mol. The van der Waals surface area contributed by atoms with Gasteiger partial charge < -0.3 is 10.5 Å². The molecule has 0 bridgehead atoms. The van der Waals surface area contributed by atoms with Crippen molar-refractivity contribution in [3.8, 4) is 6.07 Å². The van der Waals surface area contributed by atoms with E-state index in [2.05, 4.69) is 0 Å². The molecule has 0 amide bonds. The predicted octanol–water partition coefficient (Wildman–Crippen LogP) is 2.64. The van der Waals surface area contributed by atoms with Gasteiger partial charge in [0.1, 0.15) is 11.6 Å². The molecule has 1 aromatic rings. The van der Waals surface area contributed by atoms with E-state index in [4.69, 9.17) is 15.7 Å². The lowest BCUT2D eigenvalue weighted by molar-refractivity contribution is 0.0469. The Kier molecular flexibility index (Phi) is 4.43. The van der Waals surface area contributed by atoms with Gasteiger partial charge in [0.2, 0.25) is 0 Å². The van der Waals surface area contributed by atoms with E-state index in [0.29, 0.717) is 12.5 Å². The van der Waals surface area contributed by atoms with Crippen LogP contribution in [0.25, 0.3) is 0 Å². The molecule has 0 atom stereocenters. The predicted molar refractivity (Wildman–Crippen MR) is 65.1 cm³/mol. The van der Waals surface area contributed by atoms with Crippen LogP contribution in [0.15, 0.2) is 12.1 Å². The molecule has 1 rings (SSSR count). The number of esters is 1. The van der Waals surface area contributed by atoms with Gasteiger partial charge in [-0.2, -0.15) is 5.26 Å². The zero-order chi connectivity index (χ0) is 14.6. The summed E-state index contributed by atoms with van der Waals surface area (Å²) in [6.45, 7) is 3.32. The number of ether oxygens (including phenoxy) is 1. The molecular formula is C13H14F2N2O2. The largest absolute Gasteiger partial charge is 0.462 e. The minimum absolute atomic E-state index is 0.0508. The maximum absolute atomic E-state index is 13.4. The van der Waals surface area contributed by atoms with Crippen LogP contribution in [0.1, 0.15) is 30.6 Å². The van der Waals surface area contributed by atoms with Crippen LogP contribution >= 0.6 is 0 Å². The van der Waals surface area contributed by atoms with Crippen molar-refractivity contribution >= 4 is 11.7 Å². The van der Waals surface area contributed by atoms with E-state index in [1.54, 1.807) is 13.8 Å². The highest BCUT2D eigenvalue weighted by molar-refractivity contribution is 5.90. The Bertz CT molecular complexity index is 536. The lowest BCUT2D eigenvalue weighted by atomic mass is 9.92. The number of benzene rings is 1. The summed E-state index contributed by atoms with van der Waals surface area (Å²) in [5, 5.41) is 8.77. The first-order valence-electron chi connectivity index (χ1n) is 5.60. The summed E-state index contributed by atoms with van der Waals surface area (Å²) in [6, 6.07) is 3.47. The third-order valence-electron chi connectivity index (χ3n) is 2.57. The van der Waals surface area contributed by atoms with Crippen LogP contribution in [-0.2, 0) is 4.74 Å². The van der Waals surface area contributed by atoms with Gasteiger partial charge in [-0.3, -0.25) is 0 Å². The van der Waals surface area contributed by atoms with Crippen molar-refractivity contribution in [3.05, 3.63) is 29.3 Å². The molecule has 6 heteroatoms. The van der Waals surface area contributed by atoms with Crippen molar-refractivity contribution in [2.24, 2.45) is 5.41 Å². The second kappa shape index (κ2) is 5.65. The van der Waals surface area contributed by atoms with Crippen LogP contribution < -0.4 is 5.73 Å². The van der Waals surface area contributed by atoms with E-state index >= 15 is 0 Å². The molecule has 0 aliphatic rings. The minimum Gasteiger partial charge on any atom is -0.462 e. The number of nitrogens with two attached hydrogens (primary N) is 1. The van der Waals surface area contributed by atoms with Crippen molar-refractivity contribution in [1.82, 2.24) is 0 Å². The zero-order valence-corrected chi connectivity index (χ0v) is 10.7. The molecule has 19 heavy (non-hydrogen) atoms. The summed E-state index contributed by atoms with van der Waals surface area (Å²) in [7, 11) is 0. The van der Waals surface area contributed by atoms with Gasteiger partial charge in [0.25, 0.3) is 0 Å². The molecule has 0 aromatic heterocycles. The second-order valence-electron chi connectivity index (χ2n) is 4.74. The first kappa shape index (κ1) is 14.9. The molecule has 4 nitrogen and oxygen atoms in total. The minimum atomic E-state index is -0.981. The van der Waals surface area contributed by atoms with Crippen molar-refractivity contribution < 1.29 is 18.3 Å². The molecule has 0 saturated heterocycles. The van der Waals surface area contributed by atoms with Crippen molar-refractivity contribution in [3.63, 3.8) is 0 Å². The van der Waals surface area contributed by atoms with E-state index in [0.717, 1.165) is 6.07 Å². The Balaban J connectivity index is 2.70.